The largest absolute Gasteiger partial charge is 0.267 e. The zero-order valence-corrected chi connectivity index (χ0v) is 11.8. The molecular weight excluding hydrogens is 264 g/mol. The first kappa shape index (κ1) is 13.1. The van der Waals surface area contributed by atoms with Crippen LogP contribution in [0.2, 0.25) is 0 Å². The molecule has 0 aliphatic rings. The molecule has 2 aromatic heterocycles. The van der Waals surface area contributed by atoms with E-state index in [2.05, 4.69) is 21.5 Å². The maximum Gasteiger partial charge on any atom is 0.194 e. The summed E-state index contributed by atoms with van der Waals surface area (Å²) in [4.78, 5) is 0. The first-order valence-corrected chi connectivity index (χ1v) is 6.66. The predicted octanol–water partition coefficient (Wildman–Crippen LogP) is 2.58. The minimum atomic E-state index is 0.183. The molecule has 0 unspecified atom stereocenters. The average Bonchev–Trinajstić information content (AvgIpc) is 3.14. The fraction of sp³-hybridized carbons (Fsp3) is 0.200. The number of hydrogen-bond donors (Lipinski definition) is 0. The Morgan fingerprint density at radius 1 is 1.14 bits per heavy atom. The Balaban J connectivity index is 2.03. The van der Waals surface area contributed by atoms with E-state index in [1.165, 1.54) is 0 Å². The van der Waals surface area contributed by atoms with Gasteiger partial charge in [0.25, 0.3) is 0 Å². The quantitative estimate of drug-likeness (QED) is 0.738. The van der Waals surface area contributed by atoms with E-state index < -0.39 is 0 Å². The smallest absolute Gasteiger partial charge is 0.194 e. The molecule has 0 spiro atoms. The second-order valence-electron chi connectivity index (χ2n) is 4.97. The van der Waals surface area contributed by atoms with Gasteiger partial charge in [0.2, 0.25) is 0 Å². The van der Waals surface area contributed by atoms with Gasteiger partial charge in [0.1, 0.15) is 17.3 Å². The fourth-order valence-corrected chi connectivity index (χ4v) is 2.00. The van der Waals surface area contributed by atoms with E-state index in [9.17, 15) is 5.26 Å². The monoisotopic (exact) mass is 278 g/mol. The van der Waals surface area contributed by atoms with Gasteiger partial charge in [-0.3, -0.25) is 4.68 Å². The van der Waals surface area contributed by atoms with Crippen LogP contribution in [-0.2, 0) is 0 Å². The summed E-state index contributed by atoms with van der Waals surface area (Å²) in [6.45, 7) is 4.02. The molecule has 0 aliphatic heterocycles. The fourth-order valence-electron chi connectivity index (χ4n) is 2.00. The number of nitriles is 1. The molecule has 0 atom stereocenters. The Morgan fingerprint density at radius 2 is 1.90 bits per heavy atom. The predicted molar refractivity (Wildman–Crippen MR) is 77.7 cm³/mol. The van der Waals surface area contributed by atoms with Crippen molar-refractivity contribution in [2.75, 3.05) is 0 Å². The summed E-state index contributed by atoms with van der Waals surface area (Å²) in [5, 5.41) is 21.9. The number of nitrogens with zero attached hydrogens (tertiary/aromatic N) is 6. The summed E-state index contributed by atoms with van der Waals surface area (Å²) in [6, 6.07) is 12.1. The summed E-state index contributed by atoms with van der Waals surface area (Å²) in [5.74, 6) is 0.501. The molecule has 0 bridgehead atoms. The van der Waals surface area contributed by atoms with Crippen LogP contribution >= 0.6 is 0 Å². The van der Waals surface area contributed by atoms with Gasteiger partial charge < -0.3 is 0 Å². The molecule has 6 nitrogen and oxygen atoms in total. The average molecular weight is 278 g/mol. The molecule has 0 radical (unpaired) electrons. The topological polar surface area (TPSA) is 72.3 Å². The Hall–Kier alpha value is -2.94. The molecule has 0 saturated heterocycles. The first-order chi connectivity index (χ1) is 10.2. The third-order valence-corrected chi connectivity index (χ3v) is 3.14. The second-order valence-corrected chi connectivity index (χ2v) is 4.97. The van der Waals surface area contributed by atoms with Crippen LogP contribution in [0.5, 0.6) is 0 Å². The number of benzene rings is 1. The van der Waals surface area contributed by atoms with Gasteiger partial charge in [-0.1, -0.05) is 35.5 Å². The molecule has 0 saturated carbocycles. The highest BCUT2D eigenvalue weighted by Gasteiger charge is 2.14. The molecule has 3 aromatic rings. The van der Waals surface area contributed by atoms with Crippen molar-refractivity contribution in [3.8, 4) is 23.1 Å². The van der Waals surface area contributed by atoms with Crippen molar-refractivity contribution < 1.29 is 0 Å². The van der Waals surface area contributed by atoms with Gasteiger partial charge >= 0.3 is 0 Å². The molecule has 0 fully saturated rings. The van der Waals surface area contributed by atoms with E-state index in [1.54, 1.807) is 21.8 Å². The van der Waals surface area contributed by atoms with Crippen LogP contribution in [0.1, 0.15) is 25.5 Å². The number of rotatable bonds is 3. The zero-order chi connectivity index (χ0) is 14.8. The number of aromatic nitrogens is 5. The minimum absolute atomic E-state index is 0.183. The van der Waals surface area contributed by atoms with Gasteiger partial charge in [0.05, 0.1) is 6.20 Å². The van der Waals surface area contributed by atoms with Crippen LogP contribution in [0.15, 0.2) is 42.7 Å². The van der Waals surface area contributed by atoms with Crippen molar-refractivity contribution in [3.05, 3.63) is 48.3 Å². The maximum absolute atomic E-state index is 9.23. The standard InChI is InChI=1S/C15H14N6/c1-11(2)20-9-13(8-16)15(18-20)21-10-14(17-19-21)12-6-4-3-5-7-12/h3-7,9-11H,1-2H3. The van der Waals surface area contributed by atoms with Crippen LogP contribution in [0.4, 0.5) is 0 Å². The summed E-state index contributed by atoms with van der Waals surface area (Å²) in [5.41, 5.74) is 2.21. The van der Waals surface area contributed by atoms with Crippen LogP contribution in [0.25, 0.3) is 17.1 Å². The third-order valence-electron chi connectivity index (χ3n) is 3.14. The lowest BCUT2D eigenvalue weighted by Gasteiger charge is -2.02. The lowest BCUT2D eigenvalue weighted by atomic mass is 10.2. The number of hydrogen-bond acceptors (Lipinski definition) is 4. The normalized spacial score (nSPS) is 10.8. The molecular formula is C15H14N6. The van der Waals surface area contributed by atoms with Gasteiger partial charge in [0, 0.05) is 17.8 Å². The molecule has 0 amide bonds. The molecule has 0 N–H and O–H groups in total. The highest BCUT2D eigenvalue weighted by molar-refractivity contribution is 5.58. The summed E-state index contributed by atoms with van der Waals surface area (Å²) < 4.78 is 3.29. The van der Waals surface area contributed by atoms with Crippen LogP contribution in [0, 0.1) is 11.3 Å². The lowest BCUT2D eigenvalue weighted by molar-refractivity contribution is 0.527. The first-order valence-electron chi connectivity index (χ1n) is 6.66. The van der Waals surface area contributed by atoms with Crippen LogP contribution in [0.3, 0.4) is 0 Å². The molecule has 1 aromatic carbocycles. The summed E-state index contributed by atoms with van der Waals surface area (Å²) in [7, 11) is 0. The molecule has 21 heavy (non-hydrogen) atoms. The van der Waals surface area contributed by atoms with E-state index in [4.69, 9.17) is 0 Å². The zero-order valence-electron chi connectivity index (χ0n) is 11.8. The Morgan fingerprint density at radius 3 is 2.57 bits per heavy atom. The van der Waals surface area contributed by atoms with Crippen molar-refractivity contribution in [1.29, 1.82) is 5.26 Å². The molecule has 3 rings (SSSR count). The highest BCUT2D eigenvalue weighted by Crippen LogP contribution is 2.19. The Bertz CT molecular complexity index is 791. The van der Waals surface area contributed by atoms with Gasteiger partial charge in [-0.2, -0.15) is 15.0 Å². The molecule has 0 aliphatic carbocycles. The lowest BCUT2D eigenvalue weighted by Crippen LogP contribution is -2.03. The van der Waals surface area contributed by atoms with Crippen molar-refractivity contribution in [3.63, 3.8) is 0 Å². The van der Waals surface area contributed by atoms with E-state index in [1.807, 2.05) is 44.2 Å². The summed E-state index contributed by atoms with van der Waals surface area (Å²) in [6.07, 6.45) is 3.51. The second kappa shape index (κ2) is 5.21. The molecule has 2 heterocycles. The van der Waals surface area contributed by atoms with Crippen molar-refractivity contribution in [2.45, 2.75) is 19.9 Å². The van der Waals surface area contributed by atoms with Crippen molar-refractivity contribution in [1.82, 2.24) is 24.8 Å². The summed E-state index contributed by atoms with van der Waals surface area (Å²) >= 11 is 0. The van der Waals surface area contributed by atoms with E-state index in [0.717, 1.165) is 11.3 Å². The van der Waals surface area contributed by atoms with Crippen LogP contribution in [-0.4, -0.2) is 24.8 Å². The van der Waals surface area contributed by atoms with Gasteiger partial charge in [-0.25, -0.2) is 0 Å². The van der Waals surface area contributed by atoms with Gasteiger partial charge in [-0.15, -0.1) is 5.10 Å². The van der Waals surface area contributed by atoms with Gasteiger partial charge in [0.15, 0.2) is 5.82 Å². The van der Waals surface area contributed by atoms with E-state index >= 15 is 0 Å². The van der Waals surface area contributed by atoms with E-state index in [0.29, 0.717) is 11.4 Å². The maximum atomic E-state index is 9.23. The van der Waals surface area contributed by atoms with E-state index in [-0.39, 0.29) is 6.04 Å². The Kier molecular flexibility index (Phi) is 3.24. The molecule has 104 valence electrons. The van der Waals surface area contributed by atoms with Crippen LogP contribution < -0.4 is 0 Å². The van der Waals surface area contributed by atoms with Crippen molar-refractivity contribution in [2.24, 2.45) is 0 Å². The van der Waals surface area contributed by atoms with Gasteiger partial charge in [-0.05, 0) is 13.8 Å². The Labute approximate surface area is 122 Å². The van der Waals surface area contributed by atoms with Crippen molar-refractivity contribution >= 4 is 0 Å². The third kappa shape index (κ3) is 2.41. The minimum Gasteiger partial charge on any atom is -0.267 e. The highest BCUT2D eigenvalue weighted by atomic mass is 15.5. The SMILES string of the molecule is CC(C)n1cc(C#N)c(-n2cc(-c3ccccc3)nn2)n1. The molecule has 6 heteroatoms.